The molecule has 11 nitrogen and oxygen atoms in total. The van der Waals surface area contributed by atoms with Crippen LogP contribution in [0.15, 0.2) is 70.2 Å². The highest BCUT2D eigenvalue weighted by molar-refractivity contribution is 7.89. The van der Waals surface area contributed by atoms with E-state index in [9.17, 15) is 41.2 Å². The molecule has 0 bridgehead atoms. The van der Waals surface area contributed by atoms with Crippen LogP contribution in [0.3, 0.4) is 0 Å². The molecule has 0 spiro atoms. The van der Waals surface area contributed by atoms with Gasteiger partial charge in [0.05, 0.1) is 18.2 Å². The van der Waals surface area contributed by atoms with Gasteiger partial charge in [-0.25, -0.2) is 8.42 Å². The molecule has 47 heavy (non-hydrogen) atoms. The van der Waals surface area contributed by atoms with Crippen LogP contribution >= 0.6 is 0 Å². The number of amides is 2. The lowest BCUT2D eigenvalue weighted by atomic mass is 9.84. The van der Waals surface area contributed by atoms with Gasteiger partial charge in [0.15, 0.2) is 17.7 Å². The molecule has 252 valence electrons. The molecule has 2 aliphatic rings. The number of hydrogen-bond donors (Lipinski definition) is 2. The Labute approximate surface area is 269 Å². The Kier molecular flexibility index (Phi) is 10.3. The zero-order chi connectivity index (χ0) is 33.8. The molecular weight excluding hydrogens is 641 g/mol. The quantitative estimate of drug-likeness (QED) is 0.255. The van der Waals surface area contributed by atoms with Crippen molar-refractivity contribution >= 4 is 27.6 Å². The van der Waals surface area contributed by atoms with Gasteiger partial charge >= 0.3 is 21.2 Å². The zero-order valence-electron chi connectivity index (χ0n) is 25.4. The van der Waals surface area contributed by atoms with Gasteiger partial charge in [-0.1, -0.05) is 44.2 Å². The summed E-state index contributed by atoms with van der Waals surface area (Å²) < 4.78 is 72.6. The van der Waals surface area contributed by atoms with E-state index in [1.165, 1.54) is 36.4 Å². The SMILES string of the molecule is O=C(NC(CC1CCCCC1)C(=O)NC1CCCN(S(=O)(=O)c2cccc[n+]2[O-])CC1=O)c1ccc(-c2cccc(C(F)(F)F)c2)o1. The number of ketones is 1. The first-order valence-electron chi connectivity index (χ1n) is 15.4. The van der Waals surface area contributed by atoms with E-state index in [1.54, 1.807) is 0 Å². The summed E-state index contributed by atoms with van der Waals surface area (Å²) in [5, 5.41) is 17.0. The molecular formula is C32H35F3N4O7S. The van der Waals surface area contributed by atoms with Crippen LogP contribution in [0.2, 0.25) is 0 Å². The number of aromatic nitrogens is 1. The molecule has 15 heteroatoms. The number of carbonyl (C=O) groups is 3. The lowest BCUT2D eigenvalue weighted by Gasteiger charge is -2.27. The number of alkyl halides is 3. The number of pyridine rings is 1. The van der Waals surface area contributed by atoms with E-state index < -0.39 is 63.0 Å². The highest BCUT2D eigenvalue weighted by atomic mass is 32.2. The van der Waals surface area contributed by atoms with Crippen molar-refractivity contribution in [3.63, 3.8) is 0 Å². The molecule has 1 aliphatic heterocycles. The number of nitrogens with zero attached hydrogens (tertiary/aromatic N) is 2. The minimum Gasteiger partial charge on any atom is -0.618 e. The summed E-state index contributed by atoms with van der Waals surface area (Å²) in [7, 11) is -4.28. The van der Waals surface area contributed by atoms with Gasteiger partial charge in [0.1, 0.15) is 11.8 Å². The maximum absolute atomic E-state index is 13.6. The normalized spacial score (nSPS) is 19.1. The highest BCUT2D eigenvalue weighted by Crippen LogP contribution is 2.33. The van der Waals surface area contributed by atoms with E-state index >= 15 is 0 Å². The van der Waals surface area contributed by atoms with Gasteiger partial charge in [-0.3, -0.25) is 14.4 Å². The van der Waals surface area contributed by atoms with Gasteiger partial charge < -0.3 is 20.3 Å². The van der Waals surface area contributed by atoms with E-state index in [-0.39, 0.29) is 53.5 Å². The number of carbonyl (C=O) groups excluding carboxylic acids is 3. The van der Waals surface area contributed by atoms with Crippen molar-refractivity contribution in [2.75, 3.05) is 13.1 Å². The fourth-order valence-corrected chi connectivity index (χ4v) is 7.52. The first-order valence-corrected chi connectivity index (χ1v) is 16.9. The fraction of sp³-hybridized carbons (Fsp3) is 0.438. The first kappa shape index (κ1) is 34.1. The molecule has 1 aromatic carbocycles. The van der Waals surface area contributed by atoms with E-state index in [4.69, 9.17) is 4.42 Å². The van der Waals surface area contributed by atoms with E-state index in [2.05, 4.69) is 10.6 Å². The fourth-order valence-electron chi connectivity index (χ4n) is 6.05. The van der Waals surface area contributed by atoms with E-state index in [1.807, 2.05) is 0 Å². The molecule has 3 aromatic rings. The third-order valence-electron chi connectivity index (χ3n) is 8.55. The largest absolute Gasteiger partial charge is 0.618 e. The Balaban J connectivity index is 1.29. The van der Waals surface area contributed by atoms with Crippen molar-refractivity contribution < 1.29 is 45.1 Å². The second-order valence-corrected chi connectivity index (χ2v) is 13.8. The summed E-state index contributed by atoms with van der Waals surface area (Å²) >= 11 is 0. The number of Topliss-reactive ketones (excluding diaryl/α,β-unsaturated/α-hetero) is 1. The zero-order valence-corrected chi connectivity index (χ0v) is 26.2. The van der Waals surface area contributed by atoms with Crippen LogP contribution in [-0.2, 0) is 25.8 Å². The lowest BCUT2D eigenvalue weighted by Crippen LogP contribution is -2.53. The average molecular weight is 677 g/mol. The molecule has 2 unspecified atom stereocenters. The number of halogens is 3. The van der Waals surface area contributed by atoms with Crippen molar-refractivity contribution in [1.29, 1.82) is 0 Å². The van der Waals surface area contributed by atoms with Gasteiger partial charge in [-0.15, -0.1) is 0 Å². The minimum absolute atomic E-state index is 0.0374. The van der Waals surface area contributed by atoms with E-state index in [0.717, 1.165) is 60.8 Å². The van der Waals surface area contributed by atoms with Gasteiger partial charge in [-0.05, 0) is 55.5 Å². The standard InChI is InChI=1S/C32H35F3N4O7S/c33-32(34,35)23-11-6-10-22(19-23)27-14-15-28(46-27)31(42)37-25(18-21-8-2-1-3-9-21)30(41)36-24-12-7-16-38(20-26(24)40)47(44,45)29-13-4-5-17-39(29)43/h4-6,10-11,13-15,17,19,21,24-25H,1-3,7-9,12,16,18,20H2,(H,36,41)(H,37,42). The summed E-state index contributed by atoms with van der Waals surface area (Å²) in [5.74, 6) is -1.97. The average Bonchev–Trinajstić information content (AvgIpc) is 3.47. The van der Waals surface area contributed by atoms with E-state index in [0.29, 0.717) is 0 Å². The summed E-state index contributed by atoms with van der Waals surface area (Å²) in [4.78, 5) is 40.1. The van der Waals surface area contributed by atoms with Crippen LogP contribution in [0.4, 0.5) is 13.2 Å². The molecule has 2 amide bonds. The van der Waals surface area contributed by atoms with Crippen LogP contribution in [0.1, 0.15) is 67.5 Å². The molecule has 0 radical (unpaired) electrons. The number of hydrogen-bond acceptors (Lipinski definition) is 7. The monoisotopic (exact) mass is 676 g/mol. The topological polar surface area (TPSA) is 153 Å². The van der Waals surface area contributed by atoms with Crippen LogP contribution in [0, 0.1) is 11.1 Å². The predicted molar refractivity (Wildman–Crippen MR) is 162 cm³/mol. The van der Waals surface area contributed by atoms with Gasteiger partial charge in [-0.2, -0.15) is 22.2 Å². The minimum atomic E-state index is -4.56. The Morgan fingerprint density at radius 1 is 1.02 bits per heavy atom. The highest BCUT2D eigenvalue weighted by Gasteiger charge is 2.38. The van der Waals surface area contributed by atoms with Crippen molar-refractivity contribution in [1.82, 2.24) is 14.9 Å². The van der Waals surface area contributed by atoms with Crippen LogP contribution in [0.25, 0.3) is 11.3 Å². The summed E-state index contributed by atoms with van der Waals surface area (Å²) in [6, 6.07) is 9.01. The Bertz CT molecular complexity index is 1720. The number of benzene rings is 1. The Morgan fingerprint density at radius 2 is 1.79 bits per heavy atom. The van der Waals surface area contributed by atoms with Gasteiger partial charge in [0, 0.05) is 24.2 Å². The molecule has 2 fully saturated rings. The predicted octanol–water partition coefficient (Wildman–Crippen LogP) is 4.21. The maximum atomic E-state index is 13.6. The van der Waals surface area contributed by atoms with Gasteiger partial charge in [0.2, 0.25) is 5.91 Å². The molecule has 3 heterocycles. The van der Waals surface area contributed by atoms with Crippen LogP contribution in [0.5, 0.6) is 0 Å². The first-order chi connectivity index (χ1) is 22.3. The second kappa shape index (κ2) is 14.3. The molecule has 1 saturated carbocycles. The smallest absolute Gasteiger partial charge is 0.416 e. The number of sulfonamides is 1. The van der Waals surface area contributed by atoms with Crippen molar-refractivity contribution in [3.05, 3.63) is 77.3 Å². The number of furan rings is 1. The molecule has 1 aliphatic carbocycles. The van der Waals surface area contributed by atoms with Gasteiger partial charge in [0.25, 0.3) is 5.91 Å². The summed E-state index contributed by atoms with van der Waals surface area (Å²) in [5.41, 5.74) is -0.750. The summed E-state index contributed by atoms with van der Waals surface area (Å²) in [6.07, 6.45) is 1.87. The molecule has 5 rings (SSSR count). The second-order valence-electron chi connectivity index (χ2n) is 11.9. The third-order valence-corrected chi connectivity index (χ3v) is 10.4. The van der Waals surface area contributed by atoms with Crippen molar-refractivity contribution in [2.24, 2.45) is 5.92 Å². The molecule has 2 N–H and O–H groups in total. The summed E-state index contributed by atoms with van der Waals surface area (Å²) in [6.45, 7) is -0.586. The number of rotatable bonds is 9. The van der Waals surface area contributed by atoms with Crippen LogP contribution in [-0.4, -0.2) is 55.5 Å². The lowest BCUT2D eigenvalue weighted by molar-refractivity contribution is -0.646. The Hall–Kier alpha value is -4.24. The number of nitrogens with one attached hydrogen (secondary N) is 2. The van der Waals surface area contributed by atoms with Crippen molar-refractivity contribution in [2.45, 2.75) is 74.7 Å². The van der Waals surface area contributed by atoms with Crippen LogP contribution < -0.4 is 15.4 Å². The van der Waals surface area contributed by atoms with Crippen molar-refractivity contribution in [3.8, 4) is 11.3 Å². The third kappa shape index (κ3) is 8.19. The molecule has 2 aromatic heterocycles. The molecule has 1 saturated heterocycles. The maximum Gasteiger partial charge on any atom is 0.416 e. The molecule has 2 atom stereocenters. The Morgan fingerprint density at radius 3 is 2.51 bits per heavy atom.